The van der Waals surface area contributed by atoms with Crippen molar-refractivity contribution < 1.29 is 4.79 Å². The van der Waals surface area contributed by atoms with Gasteiger partial charge in [0.1, 0.15) is 0 Å². The van der Waals surface area contributed by atoms with Gasteiger partial charge in [0, 0.05) is 41.2 Å². The van der Waals surface area contributed by atoms with Gasteiger partial charge < -0.3 is 10.2 Å². The van der Waals surface area contributed by atoms with Crippen molar-refractivity contribution in [1.82, 2.24) is 5.32 Å². The lowest BCUT2D eigenvalue weighted by atomic mass is 9.98. The Morgan fingerprint density at radius 3 is 2.33 bits per heavy atom. The number of benzene rings is 4. The smallest absolute Gasteiger partial charge is 0.251 e. The summed E-state index contributed by atoms with van der Waals surface area (Å²) in [6.07, 6.45) is 0. The second-order valence-corrected chi connectivity index (χ2v) is 10.0. The summed E-state index contributed by atoms with van der Waals surface area (Å²) in [6.45, 7) is 9.86. The molecule has 4 aromatic rings. The number of nitrogens with one attached hydrogen (secondary N) is 1. The van der Waals surface area contributed by atoms with Crippen LogP contribution in [0.1, 0.15) is 32.6 Å². The molecule has 1 amide bonds. The molecule has 0 spiro atoms. The number of amides is 1. The highest BCUT2D eigenvalue weighted by Gasteiger charge is 2.13. The first kappa shape index (κ1) is 25.3. The Labute approximate surface area is 218 Å². The van der Waals surface area contributed by atoms with Gasteiger partial charge in [-0.1, -0.05) is 84.6 Å². The molecule has 0 bridgehead atoms. The summed E-state index contributed by atoms with van der Waals surface area (Å²) in [5.41, 5.74) is 7.36. The molecule has 0 aromatic heterocycles. The zero-order valence-corrected chi connectivity index (χ0v) is 21.9. The van der Waals surface area contributed by atoms with Crippen LogP contribution in [-0.4, -0.2) is 26.0 Å². The van der Waals surface area contributed by atoms with Gasteiger partial charge >= 0.3 is 0 Å². The van der Waals surface area contributed by atoms with Gasteiger partial charge in [0.05, 0.1) is 0 Å². The lowest BCUT2D eigenvalue weighted by Crippen LogP contribution is -2.33. The second kappa shape index (κ2) is 11.8. The first-order valence-electron chi connectivity index (χ1n) is 12.1. The fourth-order valence-electron chi connectivity index (χ4n) is 4.07. The number of likely N-dealkylation sites (N-methyl/N-ethyl adjacent to an activating group) is 1. The molecule has 0 heterocycles. The molecular weight excluding hydrogens is 460 g/mol. The van der Waals surface area contributed by atoms with E-state index in [9.17, 15) is 4.79 Å². The first-order chi connectivity index (χ1) is 17.4. The molecular formula is C32H32N2OS. The van der Waals surface area contributed by atoms with Crippen molar-refractivity contribution in [3.63, 3.8) is 0 Å². The van der Waals surface area contributed by atoms with E-state index in [0.717, 1.165) is 44.3 Å². The second-order valence-electron chi connectivity index (χ2n) is 8.94. The lowest BCUT2D eigenvalue weighted by molar-refractivity contribution is 0.0954. The summed E-state index contributed by atoms with van der Waals surface area (Å²) < 4.78 is 0. The van der Waals surface area contributed by atoms with Gasteiger partial charge in [-0.3, -0.25) is 4.79 Å². The molecule has 0 aliphatic carbocycles. The van der Waals surface area contributed by atoms with Gasteiger partial charge in [0.25, 0.3) is 5.91 Å². The normalized spacial score (nSPS) is 10.6. The number of carbonyl (C=O) groups is 1. The molecule has 3 nitrogen and oxygen atoms in total. The fraction of sp³-hybridized carbons (Fsp3) is 0.156. The van der Waals surface area contributed by atoms with Crippen LogP contribution in [0.15, 0.2) is 113 Å². The Balaban J connectivity index is 1.42. The average Bonchev–Trinajstić information content (AvgIpc) is 2.90. The molecule has 0 unspecified atom stereocenters. The zero-order chi connectivity index (χ0) is 25.5. The highest BCUT2D eigenvalue weighted by atomic mass is 32.2. The maximum Gasteiger partial charge on any atom is 0.251 e. The van der Waals surface area contributed by atoms with Gasteiger partial charge in [-0.2, -0.15) is 0 Å². The highest BCUT2D eigenvalue weighted by molar-refractivity contribution is 7.99. The van der Waals surface area contributed by atoms with Crippen molar-refractivity contribution in [2.75, 3.05) is 25.0 Å². The number of aryl methyl sites for hydroxylation is 2. The predicted octanol–water partition coefficient (Wildman–Crippen LogP) is 7.38. The van der Waals surface area contributed by atoms with E-state index >= 15 is 0 Å². The van der Waals surface area contributed by atoms with E-state index in [1.165, 1.54) is 5.56 Å². The standard InChI is InChI=1S/C32H32N2OS/c1-23-11-10-12-26(21-23)25(3)29-15-8-9-16-31(29)36-30-18-17-27(22-24(30)2)32(35)33-19-20-34(4)28-13-6-5-7-14-28/h5-18,21-22H,3,19-20H2,1-2,4H3,(H,33,35). The molecule has 0 saturated heterocycles. The quantitative estimate of drug-likeness (QED) is 0.264. The predicted molar refractivity (Wildman–Crippen MR) is 153 cm³/mol. The van der Waals surface area contributed by atoms with Gasteiger partial charge in [-0.15, -0.1) is 0 Å². The molecule has 182 valence electrons. The number of carbonyl (C=O) groups excluding carboxylic acids is 1. The van der Waals surface area contributed by atoms with Crippen molar-refractivity contribution in [2.45, 2.75) is 23.6 Å². The van der Waals surface area contributed by atoms with Crippen molar-refractivity contribution in [3.8, 4) is 0 Å². The molecule has 1 N–H and O–H groups in total. The summed E-state index contributed by atoms with van der Waals surface area (Å²) in [5.74, 6) is -0.0515. The molecule has 0 aliphatic heterocycles. The Bertz CT molecular complexity index is 1360. The zero-order valence-electron chi connectivity index (χ0n) is 21.1. The van der Waals surface area contributed by atoms with E-state index in [1.54, 1.807) is 11.8 Å². The summed E-state index contributed by atoms with van der Waals surface area (Å²) in [5, 5.41) is 3.04. The third-order valence-corrected chi connectivity index (χ3v) is 7.42. The van der Waals surface area contributed by atoms with Crippen molar-refractivity contribution >= 4 is 28.9 Å². The van der Waals surface area contributed by atoms with Gasteiger partial charge in [0.2, 0.25) is 0 Å². The minimum absolute atomic E-state index is 0.0515. The third kappa shape index (κ3) is 6.27. The van der Waals surface area contributed by atoms with Crippen LogP contribution in [0.4, 0.5) is 5.69 Å². The van der Waals surface area contributed by atoms with Crippen LogP contribution in [0.25, 0.3) is 5.57 Å². The van der Waals surface area contributed by atoms with E-state index in [1.807, 2.05) is 43.4 Å². The molecule has 36 heavy (non-hydrogen) atoms. The van der Waals surface area contributed by atoms with Gasteiger partial charge in [0.15, 0.2) is 0 Å². The van der Waals surface area contributed by atoms with E-state index in [2.05, 4.69) is 91.3 Å². The van der Waals surface area contributed by atoms with E-state index in [-0.39, 0.29) is 5.91 Å². The summed E-state index contributed by atoms with van der Waals surface area (Å²) >= 11 is 1.71. The van der Waals surface area contributed by atoms with Crippen molar-refractivity contribution in [1.29, 1.82) is 0 Å². The molecule has 4 rings (SSSR count). The van der Waals surface area contributed by atoms with Gasteiger partial charge in [-0.25, -0.2) is 0 Å². The molecule has 0 saturated carbocycles. The largest absolute Gasteiger partial charge is 0.373 e. The molecule has 0 aliphatic rings. The monoisotopic (exact) mass is 492 g/mol. The molecule has 0 fully saturated rings. The highest BCUT2D eigenvalue weighted by Crippen LogP contribution is 2.37. The number of para-hydroxylation sites is 1. The minimum Gasteiger partial charge on any atom is -0.373 e. The molecule has 0 radical (unpaired) electrons. The maximum absolute atomic E-state index is 12.8. The number of anilines is 1. The number of rotatable bonds is 9. The van der Waals surface area contributed by atoms with Crippen LogP contribution >= 0.6 is 11.8 Å². The van der Waals surface area contributed by atoms with Gasteiger partial charge in [-0.05, 0) is 72.5 Å². The van der Waals surface area contributed by atoms with Crippen LogP contribution in [0.5, 0.6) is 0 Å². The summed E-state index contributed by atoms with van der Waals surface area (Å²) in [4.78, 5) is 17.2. The minimum atomic E-state index is -0.0515. The Kier molecular flexibility index (Phi) is 8.29. The Hall–Kier alpha value is -3.76. The van der Waals surface area contributed by atoms with Crippen molar-refractivity contribution in [3.05, 3.63) is 131 Å². The summed E-state index contributed by atoms with van der Waals surface area (Å²) in [6, 6.07) is 32.9. The van der Waals surface area contributed by atoms with Crippen LogP contribution in [0, 0.1) is 13.8 Å². The van der Waals surface area contributed by atoms with E-state index in [4.69, 9.17) is 0 Å². The maximum atomic E-state index is 12.8. The number of nitrogens with zero attached hydrogens (tertiary/aromatic N) is 1. The Morgan fingerprint density at radius 2 is 1.58 bits per heavy atom. The van der Waals surface area contributed by atoms with Crippen LogP contribution in [0.2, 0.25) is 0 Å². The van der Waals surface area contributed by atoms with Crippen LogP contribution in [-0.2, 0) is 0 Å². The van der Waals surface area contributed by atoms with Crippen LogP contribution in [0.3, 0.4) is 0 Å². The third-order valence-electron chi connectivity index (χ3n) is 6.17. The molecule has 4 aromatic carbocycles. The number of hydrogen-bond acceptors (Lipinski definition) is 3. The van der Waals surface area contributed by atoms with E-state index in [0.29, 0.717) is 12.1 Å². The molecule has 4 heteroatoms. The average molecular weight is 493 g/mol. The lowest BCUT2D eigenvalue weighted by Gasteiger charge is -2.19. The fourth-order valence-corrected chi connectivity index (χ4v) is 5.11. The Morgan fingerprint density at radius 1 is 0.833 bits per heavy atom. The molecule has 0 atom stereocenters. The first-order valence-corrected chi connectivity index (χ1v) is 12.9. The van der Waals surface area contributed by atoms with E-state index < -0.39 is 0 Å². The SMILES string of the molecule is C=C(c1cccc(C)c1)c1ccccc1Sc1ccc(C(=O)NCCN(C)c2ccccc2)cc1C. The van der Waals surface area contributed by atoms with Crippen LogP contribution < -0.4 is 10.2 Å². The number of hydrogen-bond donors (Lipinski definition) is 1. The summed E-state index contributed by atoms with van der Waals surface area (Å²) in [7, 11) is 2.03. The van der Waals surface area contributed by atoms with Crippen molar-refractivity contribution in [2.24, 2.45) is 0 Å². The topological polar surface area (TPSA) is 32.3 Å².